The Hall–Kier alpha value is -2.30. The van der Waals surface area contributed by atoms with Crippen LogP contribution in [0.25, 0.3) is 6.08 Å². The highest BCUT2D eigenvalue weighted by Crippen LogP contribution is 2.30. The number of esters is 1. The van der Waals surface area contributed by atoms with Gasteiger partial charge in [-0.1, -0.05) is 30.4 Å². The van der Waals surface area contributed by atoms with Crippen molar-refractivity contribution in [2.75, 3.05) is 18.6 Å². The minimum absolute atomic E-state index is 0.105. The van der Waals surface area contributed by atoms with Crippen LogP contribution in [0.1, 0.15) is 18.9 Å². The van der Waals surface area contributed by atoms with Gasteiger partial charge in [-0.25, -0.2) is 4.79 Å². The van der Waals surface area contributed by atoms with E-state index < -0.39 is 12.1 Å². The predicted molar refractivity (Wildman–Crippen MR) is 75.4 cm³/mol. The first-order valence-corrected chi connectivity index (χ1v) is 6.47. The molecule has 1 aliphatic rings. The third-order valence-electron chi connectivity index (χ3n) is 3.08. The topological polar surface area (TPSA) is 55.8 Å². The second-order valence-electron chi connectivity index (χ2n) is 4.33. The van der Waals surface area contributed by atoms with Crippen LogP contribution in [0.15, 0.2) is 30.3 Å². The molecule has 0 saturated heterocycles. The molecule has 1 aliphatic heterocycles. The third kappa shape index (κ3) is 2.82. The molecule has 1 unspecified atom stereocenters. The largest absolute Gasteiger partial charge is 0.466 e. The molecular weight excluding hydrogens is 258 g/mol. The molecule has 0 spiro atoms. The number of nitrogens with zero attached hydrogens (tertiary/aromatic N) is 1. The normalized spacial score (nSPS) is 16.5. The maximum absolute atomic E-state index is 12.0. The van der Waals surface area contributed by atoms with Crippen molar-refractivity contribution in [3.63, 3.8) is 0 Å². The van der Waals surface area contributed by atoms with Crippen LogP contribution < -0.4 is 4.90 Å². The molecule has 1 aromatic carbocycles. The lowest BCUT2D eigenvalue weighted by molar-refractivity contribution is -0.143. The van der Waals surface area contributed by atoms with Crippen LogP contribution in [0, 0.1) is 0 Å². The maximum Gasteiger partial charge on any atom is 0.414 e. The van der Waals surface area contributed by atoms with Gasteiger partial charge in [0.05, 0.1) is 31.9 Å². The van der Waals surface area contributed by atoms with Gasteiger partial charge >= 0.3 is 12.1 Å². The average Bonchev–Trinajstić information content (AvgIpc) is 2.46. The highest BCUT2D eigenvalue weighted by Gasteiger charge is 2.30. The van der Waals surface area contributed by atoms with E-state index in [0.717, 1.165) is 11.3 Å². The number of carbonyl (C=O) groups is 2. The minimum Gasteiger partial charge on any atom is -0.466 e. The molecule has 1 aromatic rings. The van der Waals surface area contributed by atoms with E-state index in [1.807, 2.05) is 36.4 Å². The monoisotopic (exact) mass is 275 g/mol. The first kappa shape index (κ1) is 14.1. The van der Waals surface area contributed by atoms with Crippen LogP contribution in [-0.4, -0.2) is 31.8 Å². The van der Waals surface area contributed by atoms with Gasteiger partial charge in [0.2, 0.25) is 0 Å². The SMILES string of the molecule is CCOC(=O)CC1C=Cc2ccccc2N1C(=O)OC. The zero-order valence-electron chi connectivity index (χ0n) is 11.5. The first-order chi connectivity index (χ1) is 9.67. The van der Waals surface area contributed by atoms with E-state index in [-0.39, 0.29) is 12.4 Å². The van der Waals surface area contributed by atoms with Gasteiger partial charge in [-0.2, -0.15) is 0 Å². The molecular formula is C15H17NO4. The second kappa shape index (κ2) is 6.23. The van der Waals surface area contributed by atoms with Crippen LogP contribution in [0.3, 0.4) is 0 Å². The Balaban J connectivity index is 2.29. The first-order valence-electron chi connectivity index (χ1n) is 6.47. The standard InChI is InChI=1S/C15H17NO4/c1-3-20-14(17)10-12-9-8-11-6-4-5-7-13(11)16(12)15(18)19-2/h4-9,12H,3,10H2,1-2H3. The Morgan fingerprint density at radius 2 is 2.05 bits per heavy atom. The second-order valence-corrected chi connectivity index (χ2v) is 4.33. The Labute approximate surface area is 117 Å². The predicted octanol–water partition coefficient (Wildman–Crippen LogP) is 2.61. The van der Waals surface area contributed by atoms with E-state index in [2.05, 4.69) is 0 Å². The van der Waals surface area contributed by atoms with Crippen molar-refractivity contribution < 1.29 is 19.1 Å². The Kier molecular flexibility index (Phi) is 4.40. The van der Waals surface area contributed by atoms with E-state index >= 15 is 0 Å². The molecule has 0 aliphatic carbocycles. The van der Waals surface area contributed by atoms with Crippen molar-refractivity contribution >= 4 is 23.8 Å². The summed E-state index contributed by atoms with van der Waals surface area (Å²) in [5.74, 6) is -0.338. The number of hydrogen-bond acceptors (Lipinski definition) is 4. The van der Waals surface area contributed by atoms with Crippen LogP contribution in [0.2, 0.25) is 0 Å². The van der Waals surface area contributed by atoms with Crippen molar-refractivity contribution in [2.24, 2.45) is 0 Å². The van der Waals surface area contributed by atoms with Gasteiger partial charge < -0.3 is 9.47 Å². The van der Waals surface area contributed by atoms with E-state index in [1.54, 1.807) is 6.92 Å². The number of hydrogen-bond donors (Lipinski definition) is 0. The van der Waals surface area contributed by atoms with Crippen LogP contribution in [-0.2, 0) is 14.3 Å². The maximum atomic E-state index is 12.0. The fourth-order valence-corrected chi connectivity index (χ4v) is 2.21. The van der Waals surface area contributed by atoms with Gasteiger partial charge in [0.25, 0.3) is 0 Å². The molecule has 0 bridgehead atoms. The molecule has 0 N–H and O–H groups in total. The summed E-state index contributed by atoms with van der Waals surface area (Å²) in [5, 5.41) is 0. The highest BCUT2D eigenvalue weighted by molar-refractivity contribution is 5.94. The highest BCUT2D eigenvalue weighted by atomic mass is 16.5. The zero-order valence-corrected chi connectivity index (χ0v) is 11.5. The molecule has 0 radical (unpaired) electrons. The third-order valence-corrected chi connectivity index (χ3v) is 3.08. The minimum atomic E-state index is -0.490. The lowest BCUT2D eigenvalue weighted by Crippen LogP contribution is -2.42. The van der Waals surface area contributed by atoms with Gasteiger partial charge in [-0.3, -0.25) is 9.69 Å². The molecule has 106 valence electrons. The summed E-state index contributed by atoms with van der Waals surface area (Å²) in [4.78, 5) is 25.1. The fourth-order valence-electron chi connectivity index (χ4n) is 2.21. The van der Waals surface area contributed by atoms with Gasteiger partial charge in [0.15, 0.2) is 0 Å². The number of anilines is 1. The summed E-state index contributed by atoms with van der Waals surface area (Å²) in [6.45, 7) is 2.08. The van der Waals surface area contributed by atoms with Gasteiger partial charge in [0, 0.05) is 0 Å². The van der Waals surface area contributed by atoms with Crippen molar-refractivity contribution in [3.8, 4) is 0 Å². The van der Waals surface area contributed by atoms with E-state index in [4.69, 9.17) is 9.47 Å². The quantitative estimate of drug-likeness (QED) is 0.796. The van der Waals surface area contributed by atoms with Crippen molar-refractivity contribution in [1.29, 1.82) is 0 Å². The summed E-state index contributed by atoms with van der Waals surface area (Å²) < 4.78 is 9.76. The van der Waals surface area contributed by atoms with E-state index in [0.29, 0.717) is 6.61 Å². The molecule has 1 atom stereocenters. The van der Waals surface area contributed by atoms with Crippen molar-refractivity contribution in [2.45, 2.75) is 19.4 Å². The Morgan fingerprint density at radius 1 is 1.30 bits per heavy atom. The number of benzene rings is 1. The molecule has 1 amide bonds. The van der Waals surface area contributed by atoms with Gasteiger partial charge in [-0.15, -0.1) is 0 Å². The Bertz CT molecular complexity index is 538. The number of carbonyl (C=O) groups excluding carboxylic acids is 2. The molecule has 1 heterocycles. The molecule has 0 saturated carbocycles. The van der Waals surface area contributed by atoms with Crippen molar-refractivity contribution in [3.05, 3.63) is 35.9 Å². The zero-order chi connectivity index (χ0) is 14.5. The van der Waals surface area contributed by atoms with Gasteiger partial charge in [0.1, 0.15) is 0 Å². The van der Waals surface area contributed by atoms with Crippen LogP contribution >= 0.6 is 0 Å². The van der Waals surface area contributed by atoms with Crippen LogP contribution in [0.5, 0.6) is 0 Å². The summed E-state index contributed by atoms with van der Waals surface area (Å²) in [7, 11) is 1.32. The van der Waals surface area contributed by atoms with Gasteiger partial charge in [-0.05, 0) is 18.6 Å². The number of fused-ring (bicyclic) bond motifs is 1. The van der Waals surface area contributed by atoms with E-state index in [9.17, 15) is 9.59 Å². The van der Waals surface area contributed by atoms with Crippen LogP contribution in [0.4, 0.5) is 10.5 Å². The number of rotatable bonds is 3. The number of amides is 1. The molecule has 20 heavy (non-hydrogen) atoms. The molecule has 5 heteroatoms. The summed E-state index contributed by atoms with van der Waals surface area (Å²) in [6, 6.07) is 7.08. The summed E-state index contributed by atoms with van der Waals surface area (Å²) in [5.41, 5.74) is 1.65. The number of ether oxygens (including phenoxy) is 2. The summed E-state index contributed by atoms with van der Waals surface area (Å²) >= 11 is 0. The smallest absolute Gasteiger partial charge is 0.414 e. The average molecular weight is 275 g/mol. The number of para-hydroxylation sites is 1. The van der Waals surface area contributed by atoms with E-state index in [1.165, 1.54) is 12.0 Å². The fraction of sp³-hybridized carbons (Fsp3) is 0.333. The van der Waals surface area contributed by atoms with Crippen molar-refractivity contribution in [1.82, 2.24) is 0 Å². The molecule has 0 aromatic heterocycles. The summed E-state index contributed by atoms with van der Waals surface area (Å²) in [6.07, 6.45) is 3.33. The molecule has 5 nitrogen and oxygen atoms in total. The lowest BCUT2D eigenvalue weighted by atomic mass is 10.0. The molecule has 0 fully saturated rings. The number of methoxy groups -OCH3 is 1. The lowest BCUT2D eigenvalue weighted by Gasteiger charge is -2.32. The Morgan fingerprint density at radius 3 is 2.75 bits per heavy atom. The molecule has 2 rings (SSSR count).